The first kappa shape index (κ1) is 62.4. The molecule has 0 bridgehead atoms. The van der Waals surface area contributed by atoms with Gasteiger partial charge in [-0.15, -0.1) is 0 Å². The molecule has 4 saturated carbocycles. The molecule has 5 saturated heterocycles. The first-order valence-corrected chi connectivity index (χ1v) is 29.4. The predicted molar refractivity (Wildman–Crippen MR) is 276 cm³/mol. The number of rotatable bonds is 11. The fourth-order valence-corrected chi connectivity index (χ4v) is 17.1. The van der Waals surface area contributed by atoms with Gasteiger partial charge in [-0.3, -0.25) is 4.79 Å². The molecular weight excluding hydrogens is 1070 g/mol. The number of esters is 1. The minimum atomic E-state index is -1.77. The molecule has 5 heterocycles. The number of aliphatic hydroxyl groups is 13. The highest BCUT2D eigenvalue weighted by Crippen LogP contribution is 2.76. The van der Waals surface area contributed by atoms with Gasteiger partial charge in [0.25, 0.3) is 0 Å². The number of allylic oxidation sites excluding steroid dienone is 2. The van der Waals surface area contributed by atoms with Crippen molar-refractivity contribution in [2.75, 3.05) is 26.4 Å². The van der Waals surface area contributed by atoms with Gasteiger partial charge in [-0.1, -0.05) is 60.1 Å². The molecule has 5 aliphatic heterocycles. The van der Waals surface area contributed by atoms with E-state index in [1.54, 1.807) is 0 Å². The minimum Gasteiger partial charge on any atom is -0.432 e. The van der Waals surface area contributed by atoms with Crippen LogP contribution in [0.5, 0.6) is 0 Å². The molecule has 464 valence electrons. The molecule has 24 heteroatoms. The summed E-state index contributed by atoms with van der Waals surface area (Å²) in [6.07, 6.45) is -23.5. The maximum atomic E-state index is 15.1. The van der Waals surface area contributed by atoms with Gasteiger partial charge in [-0.25, -0.2) is 0 Å². The van der Waals surface area contributed by atoms with E-state index < -0.39 is 159 Å². The number of carbonyl (C=O) groups is 1. The van der Waals surface area contributed by atoms with E-state index in [4.69, 9.17) is 47.4 Å². The number of carbonyl (C=O) groups excluding carboxylic acids is 1. The van der Waals surface area contributed by atoms with Crippen molar-refractivity contribution in [2.24, 2.45) is 50.2 Å². The number of fused-ring (bicyclic) bond motifs is 7. The number of ether oxygens (including phenoxy) is 10. The molecular formula is C57H92O24. The van der Waals surface area contributed by atoms with E-state index >= 15 is 4.79 Å². The molecule has 30 unspecified atom stereocenters. The van der Waals surface area contributed by atoms with Gasteiger partial charge in [0, 0.05) is 0 Å². The lowest BCUT2D eigenvalue weighted by Crippen LogP contribution is -2.66. The fourth-order valence-electron chi connectivity index (χ4n) is 17.1. The fraction of sp³-hybridized carbons (Fsp3) is 0.947. The highest BCUT2D eigenvalue weighted by Gasteiger charge is 2.70. The minimum absolute atomic E-state index is 0.0980. The molecule has 0 amide bonds. The van der Waals surface area contributed by atoms with Gasteiger partial charge in [0.15, 0.2) is 25.2 Å². The lowest BCUT2D eigenvalue weighted by molar-refractivity contribution is -0.362. The van der Waals surface area contributed by atoms with E-state index in [9.17, 15) is 66.4 Å². The Morgan fingerprint density at radius 1 is 0.568 bits per heavy atom. The molecule has 0 spiro atoms. The molecule has 10 rings (SSSR count). The molecule has 5 aliphatic carbocycles. The summed E-state index contributed by atoms with van der Waals surface area (Å²) in [4.78, 5) is 15.1. The van der Waals surface area contributed by atoms with Crippen molar-refractivity contribution in [1.82, 2.24) is 0 Å². The first-order valence-electron chi connectivity index (χ1n) is 29.4. The summed E-state index contributed by atoms with van der Waals surface area (Å²) in [5.41, 5.74) is -0.748. The lowest BCUT2D eigenvalue weighted by Gasteiger charge is -2.71. The number of aliphatic hydroxyl groups excluding tert-OH is 13. The number of hydrogen-bond acceptors (Lipinski definition) is 24. The van der Waals surface area contributed by atoms with E-state index in [-0.39, 0.29) is 65.3 Å². The summed E-state index contributed by atoms with van der Waals surface area (Å²) in [5, 5.41) is 139. The quantitative estimate of drug-likeness (QED) is 0.0652. The van der Waals surface area contributed by atoms with Crippen LogP contribution in [-0.2, 0) is 52.2 Å². The van der Waals surface area contributed by atoms with Gasteiger partial charge >= 0.3 is 5.97 Å². The molecule has 30 atom stereocenters. The van der Waals surface area contributed by atoms with Gasteiger partial charge in [-0.05, 0) is 116 Å². The van der Waals surface area contributed by atoms with E-state index in [1.165, 1.54) is 12.5 Å². The number of hydrogen-bond donors (Lipinski definition) is 13. The van der Waals surface area contributed by atoms with Crippen molar-refractivity contribution in [3.05, 3.63) is 11.6 Å². The van der Waals surface area contributed by atoms with Gasteiger partial charge in [0.2, 0.25) is 6.29 Å². The van der Waals surface area contributed by atoms with Crippen LogP contribution in [0.3, 0.4) is 0 Å². The molecule has 0 aromatic carbocycles. The van der Waals surface area contributed by atoms with Gasteiger partial charge in [0.05, 0.1) is 44.1 Å². The molecule has 0 aromatic heterocycles. The third-order valence-electron chi connectivity index (χ3n) is 22.4. The highest BCUT2D eigenvalue weighted by molar-refractivity contribution is 5.79. The topological polar surface area (TPSA) is 372 Å². The third-order valence-corrected chi connectivity index (χ3v) is 22.4. The van der Waals surface area contributed by atoms with E-state index in [0.717, 1.165) is 44.9 Å². The Bertz CT molecular complexity index is 2250. The van der Waals surface area contributed by atoms with Crippen LogP contribution in [0.4, 0.5) is 0 Å². The van der Waals surface area contributed by atoms with Crippen LogP contribution >= 0.6 is 0 Å². The smallest absolute Gasteiger partial charge is 0.315 e. The van der Waals surface area contributed by atoms with Crippen LogP contribution in [-0.4, -0.2) is 240 Å². The summed E-state index contributed by atoms with van der Waals surface area (Å²) in [6, 6.07) is 0. The molecule has 0 radical (unpaired) electrons. The lowest BCUT2D eigenvalue weighted by atomic mass is 9.33. The molecule has 0 aromatic rings. The largest absolute Gasteiger partial charge is 0.432 e. The average Bonchev–Trinajstić information content (AvgIpc) is 1.09. The second kappa shape index (κ2) is 22.8. The Morgan fingerprint density at radius 3 is 1.81 bits per heavy atom. The zero-order valence-corrected chi connectivity index (χ0v) is 47.8. The maximum absolute atomic E-state index is 15.1. The van der Waals surface area contributed by atoms with Crippen LogP contribution in [0.2, 0.25) is 0 Å². The Labute approximate surface area is 472 Å². The Hall–Kier alpha value is -1.67. The van der Waals surface area contributed by atoms with Gasteiger partial charge in [0.1, 0.15) is 97.7 Å². The average molecular weight is 1160 g/mol. The van der Waals surface area contributed by atoms with E-state index in [1.807, 2.05) is 0 Å². The summed E-state index contributed by atoms with van der Waals surface area (Å²) in [5.74, 6) is -0.208. The summed E-state index contributed by atoms with van der Waals surface area (Å²) in [6.45, 7) is 16.0. The van der Waals surface area contributed by atoms with Crippen molar-refractivity contribution in [3.8, 4) is 0 Å². The van der Waals surface area contributed by atoms with Crippen LogP contribution in [0, 0.1) is 50.2 Å². The van der Waals surface area contributed by atoms with Crippen molar-refractivity contribution in [2.45, 2.75) is 261 Å². The molecule has 24 nitrogen and oxygen atoms in total. The molecule has 13 N–H and O–H groups in total. The molecule has 10 aliphatic rings. The zero-order chi connectivity index (χ0) is 58.8. The van der Waals surface area contributed by atoms with Crippen LogP contribution < -0.4 is 0 Å². The van der Waals surface area contributed by atoms with Crippen molar-refractivity contribution >= 4 is 5.97 Å². The van der Waals surface area contributed by atoms with Crippen molar-refractivity contribution in [1.29, 1.82) is 0 Å². The monoisotopic (exact) mass is 1160 g/mol. The van der Waals surface area contributed by atoms with Crippen molar-refractivity contribution in [3.63, 3.8) is 0 Å². The second-order valence-corrected chi connectivity index (χ2v) is 27.7. The zero-order valence-electron chi connectivity index (χ0n) is 47.8. The van der Waals surface area contributed by atoms with Gasteiger partial charge < -0.3 is 114 Å². The predicted octanol–water partition coefficient (Wildman–Crippen LogP) is -1.27. The Kier molecular flexibility index (Phi) is 17.6. The van der Waals surface area contributed by atoms with Crippen molar-refractivity contribution < 1.29 is 119 Å². The SMILES string of the molecule is CC1OC(OC2COC(OC(=O)C34CCC(C)(C)CC3C3=CCC5C6(C)CCC(OC7OCC(OC8OC(CO)C(O)C(O)C8O)C(O)C7O)C(C)(C)C6CCC5(C)C3(C)CC4)C(O)C2O)C(O)C(OC2OCC(O)C(O)C2O)C1O. The van der Waals surface area contributed by atoms with E-state index in [2.05, 4.69) is 54.5 Å². The Morgan fingerprint density at radius 2 is 1.15 bits per heavy atom. The third kappa shape index (κ3) is 10.5. The molecule has 9 fully saturated rings. The normalized spacial score (nSPS) is 54.4. The van der Waals surface area contributed by atoms with Crippen LogP contribution in [0.15, 0.2) is 11.6 Å². The second-order valence-electron chi connectivity index (χ2n) is 27.7. The maximum Gasteiger partial charge on any atom is 0.315 e. The van der Waals surface area contributed by atoms with E-state index in [0.29, 0.717) is 19.3 Å². The highest BCUT2D eigenvalue weighted by atomic mass is 16.8. The molecule has 81 heavy (non-hydrogen) atoms. The summed E-state index contributed by atoms with van der Waals surface area (Å²) >= 11 is 0. The van der Waals surface area contributed by atoms with Crippen LogP contribution in [0.1, 0.15) is 120 Å². The van der Waals surface area contributed by atoms with Crippen LogP contribution in [0.25, 0.3) is 0 Å². The first-order chi connectivity index (χ1) is 37.9. The summed E-state index contributed by atoms with van der Waals surface area (Å²) in [7, 11) is 0. The summed E-state index contributed by atoms with van der Waals surface area (Å²) < 4.78 is 58.8. The Balaban J connectivity index is 0.794. The van der Waals surface area contributed by atoms with Gasteiger partial charge in [-0.2, -0.15) is 0 Å². The standard InChI is InChI=1S/C57H92O24/c1-24-34(60)45(80-47-40(66)35(61)27(59)21-72-47)44(70)50(75-24)78-30-23-74-48(42(68)38(30)64)81-51(71)57-17-15-52(2,3)19-26(57)25-9-10-32-54(6)13-12-33(53(4,5)31(54)11-14-56(32,8)55(25,7)16-18-57)79-46-41(67)37(63)29(22-73-46)77-49-43(69)39(65)36(62)28(20-58)76-49/h9,24,26-50,58-70H,10-23H2,1-8H3.